The molecule has 0 bridgehead atoms. The van der Waals surface area contributed by atoms with Gasteiger partial charge in [0.2, 0.25) is 0 Å². The molecule has 1 aliphatic rings. The summed E-state index contributed by atoms with van der Waals surface area (Å²) in [4.78, 5) is 6.84. The van der Waals surface area contributed by atoms with Gasteiger partial charge in [-0.3, -0.25) is 9.88 Å². The Bertz CT molecular complexity index is 627. The van der Waals surface area contributed by atoms with Crippen LogP contribution in [0.15, 0.2) is 48.8 Å². The molecule has 0 radical (unpaired) electrons. The predicted molar refractivity (Wildman–Crippen MR) is 98.4 cm³/mol. The lowest BCUT2D eigenvalue weighted by Crippen LogP contribution is -2.36. The Labute approximate surface area is 145 Å². The molecular formula is C21H28N2O. The first-order valence-electron chi connectivity index (χ1n) is 9.11. The molecule has 0 saturated carbocycles. The Morgan fingerprint density at radius 1 is 1.21 bits per heavy atom. The summed E-state index contributed by atoms with van der Waals surface area (Å²) in [6.07, 6.45) is 7.65. The van der Waals surface area contributed by atoms with E-state index in [0.29, 0.717) is 12.0 Å². The summed E-state index contributed by atoms with van der Waals surface area (Å²) in [5, 5.41) is 0. The number of piperidine rings is 1. The summed E-state index contributed by atoms with van der Waals surface area (Å²) in [5.74, 6) is 1.52. The molecule has 3 nitrogen and oxygen atoms in total. The number of likely N-dealkylation sites (tertiary alicyclic amines) is 1. The van der Waals surface area contributed by atoms with Crippen LogP contribution in [0.25, 0.3) is 0 Å². The van der Waals surface area contributed by atoms with Crippen LogP contribution < -0.4 is 4.74 Å². The van der Waals surface area contributed by atoms with Crippen LogP contribution in [0.3, 0.4) is 0 Å². The average molecular weight is 324 g/mol. The predicted octanol–water partition coefficient (Wildman–Crippen LogP) is 4.81. The number of pyridine rings is 1. The second-order valence-corrected chi connectivity index (χ2v) is 6.91. The molecule has 2 heterocycles. The van der Waals surface area contributed by atoms with Crippen molar-refractivity contribution in [3.63, 3.8) is 0 Å². The minimum atomic E-state index is 0.484. The van der Waals surface area contributed by atoms with Gasteiger partial charge in [0, 0.05) is 25.0 Å². The molecular weight excluding hydrogens is 296 g/mol. The minimum Gasteiger partial charge on any atom is -0.492 e. The van der Waals surface area contributed by atoms with Crippen molar-refractivity contribution in [2.45, 2.75) is 45.1 Å². The molecule has 2 aromatic rings. The zero-order valence-electron chi connectivity index (χ0n) is 14.8. The lowest BCUT2D eigenvalue weighted by Gasteiger charge is -2.35. The van der Waals surface area contributed by atoms with E-state index < -0.39 is 0 Å². The minimum absolute atomic E-state index is 0.484. The standard InChI is InChI=1S/C21H28N2O/c1-17(2)18-7-5-9-20(15-18)24-14-13-23-12-4-3-10-21(23)19-8-6-11-22-16-19/h5-9,11,15-17,21H,3-4,10,12-14H2,1-2H3. The van der Waals surface area contributed by atoms with E-state index in [2.05, 4.69) is 54.1 Å². The average Bonchev–Trinajstić information content (AvgIpc) is 2.63. The quantitative estimate of drug-likeness (QED) is 0.762. The topological polar surface area (TPSA) is 25.4 Å². The molecule has 3 rings (SSSR count). The van der Waals surface area contributed by atoms with Gasteiger partial charge in [-0.1, -0.05) is 38.5 Å². The van der Waals surface area contributed by atoms with Crippen LogP contribution in [0.4, 0.5) is 0 Å². The van der Waals surface area contributed by atoms with Crippen LogP contribution in [-0.4, -0.2) is 29.6 Å². The molecule has 1 fully saturated rings. The normalized spacial score (nSPS) is 18.7. The smallest absolute Gasteiger partial charge is 0.119 e. The monoisotopic (exact) mass is 324 g/mol. The zero-order chi connectivity index (χ0) is 16.8. The Morgan fingerprint density at radius 3 is 2.92 bits per heavy atom. The summed E-state index contributed by atoms with van der Waals surface area (Å²) in [6.45, 7) is 7.27. The van der Waals surface area contributed by atoms with Gasteiger partial charge in [-0.15, -0.1) is 0 Å². The van der Waals surface area contributed by atoms with E-state index in [0.717, 1.165) is 25.4 Å². The van der Waals surface area contributed by atoms with Crippen molar-refractivity contribution in [2.75, 3.05) is 19.7 Å². The molecule has 0 N–H and O–H groups in total. The van der Waals surface area contributed by atoms with Crippen molar-refractivity contribution < 1.29 is 4.74 Å². The first-order chi connectivity index (χ1) is 11.7. The number of hydrogen-bond acceptors (Lipinski definition) is 3. The number of aromatic nitrogens is 1. The summed E-state index contributed by atoms with van der Waals surface area (Å²) >= 11 is 0. The largest absolute Gasteiger partial charge is 0.492 e. The Morgan fingerprint density at radius 2 is 2.12 bits per heavy atom. The summed E-state index contributed by atoms with van der Waals surface area (Å²) in [6, 6.07) is 13.2. The third kappa shape index (κ3) is 4.35. The van der Waals surface area contributed by atoms with Crippen LogP contribution >= 0.6 is 0 Å². The van der Waals surface area contributed by atoms with E-state index in [4.69, 9.17) is 4.74 Å². The maximum atomic E-state index is 6.03. The molecule has 3 heteroatoms. The van der Waals surface area contributed by atoms with Crippen LogP contribution in [0, 0.1) is 0 Å². The zero-order valence-corrected chi connectivity index (χ0v) is 14.8. The number of rotatable bonds is 6. The first kappa shape index (κ1) is 17.0. The van der Waals surface area contributed by atoms with Gasteiger partial charge in [0.05, 0.1) is 0 Å². The number of ether oxygens (including phenoxy) is 1. The Hall–Kier alpha value is -1.87. The van der Waals surface area contributed by atoms with E-state index in [9.17, 15) is 0 Å². The molecule has 1 aliphatic heterocycles. The summed E-state index contributed by atoms with van der Waals surface area (Å²) < 4.78 is 6.03. The SMILES string of the molecule is CC(C)c1cccc(OCCN2CCCCC2c2cccnc2)c1. The fourth-order valence-corrected chi connectivity index (χ4v) is 3.45. The molecule has 128 valence electrons. The summed E-state index contributed by atoms with van der Waals surface area (Å²) in [7, 11) is 0. The van der Waals surface area contributed by atoms with Crippen LogP contribution in [0.1, 0.15) is 56.2 Å². The van der Waals surface area contributed by atoms with Gasteiger partial charge in [0.15, 0.2) is 0 Å². The first-order valence-corrected chi connectivity index (χ1v) is 9.11. The Balaban J connectivity index is 1.57. The van der Waals surface area contributed by atoms with E-state index in [1.54, 1.807) is 0 Å². The van der Waals surface area contributed by atoms with Crippen molar-refractivity contribution in [3.8, 4) is 5.75 Å². The lowest BCUT2D eigenvalue weighted by atomic mass is 9.96. The highest BCUT2D eigenvalue weighted by atomic mass is 16.5. The van der Waals surface area contributed by atoms with Crippen molar-refractivity contribution in [1.82, 2.24) is 9.88 Å². The fraction of sp³-hybridized carbons (Fsp3) is 0.476. The van der Waals surface area contributed by atoms with E-state index in [1.807, 2.05) is 18.5 Å². The number of hydrogen-bond donors (Lipinski definition) is 0. The van der Waals surface area contributed by atoms with E-state index >= 15 is 0 Å². The van der Waals surface area contributed by atoms with Gasteiger partial charge in [-0.25, -0.2) is 0 Å². The molecule has 1 unspecified atom stereocenters. The van der Waals surface area contributed by atoms with Gasteiger partial charge in [0.1, 0.15) is 12.4 Å². The third-order valence-electron chi connectivity index (χ3n) is 4.85. The maximum absolute atomic E-state index is 6.03. The maximum Gasteiger partial charge on any atom is 0.119 e. The van der Waals surface area contributed by atoms with E-state index in [1.165, 1.54) is 30.4 Å². The number of nitrogens with zero attached hydrogens (tertiary/aromatic N) is 2. The van der Waals surface area contributed by atoms with Gasteiger partial charge in [-0.2, -0.15) is 0 Å². The van der Waals surface area contributed by atoms with Crippen molar-refractivity contribution in [2.24, 2.45) is 0 Å². The third-order valence-corrected chi connectivity index (χ3v) is 4.85. The van der Waals surface area contributed by atoms with Gasteiger partial charge in [0.25, 0.3) is 0 Å². The van der Waals surface area contributed by atoms with Crippen molar-refractivity contribution >= 4 is 0 Å². The van der Waals surface area contributed by atoms with Crippen LogP contribution in [0.5, 0.6) is 5.75 Å². The molecule has 24 heavy (non-hydrogen) atoms. The molecule has 0 aliphatic carbocycles. The van der Waals surface area contributed by atoms with E-state index in [-0.39, 0.29) is 0 Å². The van der Waals surface area contributed by atoms with Crippen LogP contribution in [-0.2, 0) is 0 Å². The molecule has 1 aromatic heterocycles. The van der Waals surface area contributed by atoms with Gasteiger partial charge >= 0.3 is 0 Å². The second-order valence-electron chi connectivity index (χ2n) is 6.91. The van der Waals surface area contributed by atoms with Gasteiger partial charge in [-0.05, 0) is 54.6 Å². The molecule has 1 saturated heterocycles. The van der Waals surface area contributed by atoms with Crippen LogP contribution in [0.2, 0.25) is 0 Å². The highest BCUT2D eigenvalue weighted by molar-refractivity contribution is 5.30. The summed E-state index contributed by atoms with van der Waals surface area (Å²) in [5.41, 5.74) is 2.66. The number of benzene rings is 1. The highest BCUT2D eigenvalue weighted by Gasteiger charge is 2.23. The highest BCUT2D eigenvalue weighted by Crippen LogP contribution is 2.30. The fourth-order valence-electron chi connectivity index (χ4n) is 3.45. The lowest BCUT2D eigenvalue weighted by molar-refractivity contribution is 0.123. The second kappa shape index (κ2) is 8.29. The molecule has 1 aromatic carbocycles. The molecule has 1 atom stereocenters. The van der Waals surface area contributed by atoms with Crippen molar-refractivity contribution in [1.29, 1.82) is 0 Å². The van der Waals surface area contributed by atoms with Gasteiger partial charge < -0.3 is 4.74 Å². The Kier molecular flexibility index (Phi) is 5.86. The molecule has 0 spiro atoms. The molecule has 0 amide bonds. The van der Waals surface area contributed by atoms with Crippen molar-refractivity contribution in [3.05, 3.63) is 59.9 Å².